The number of halogens is 3. The number of rotatable bonds is 3. The number of aromatic nitrogens is 2. The van der Waals surface area contributed by atoms with E-state index < -0.39 is 23.2 Å². The first-order valence-corrected chi connectivity index (χ1v) is 7.83. The van der Waals surface area contributed by atoms with Crippen molar-refractivity contribution in [3.05, 3.63) is 76.3 Å². The van der Waals surface area contributed by atoms with E-state index in [4.69, 9.17) is 5.73 Å². The highest BCUT2D eigenvalue weighted by atomic mass is 19.4. The minimum Gasteiger partial charge on any atom is -0.364 e. The molecule has 0 saturated carbocycles. The SMILES string of the molecule is Cn1cc(C(N)=O)nc(-c2cccc(-c3ccccc3C(F)(F)F)c2)c1=O. The zero-order chi connectivity index (χ0) is 19.8. The fourth-order valence-electron chi connectivity index (χ4n) is 2.73. The van der Waals surface area contributed by atoms with Gasteiger partial charge in [0.05, 0.1) is 5.56 Å². The fourth-order valence-corrected chi connectivity index (χ4v) is 2.73. The Morgan fingerprint density at radius 2 is 1.74 bits per heavy atom. The van der Waals surface area contributed by atoms with Crippen LogP contribution in [0.4, 0.5) is 13.2 Å². The smallest absolute Gasteiger partial charge is 0.364 e. The molecule has 0 aliphatic rings. The van der Waals surface area contributed by atoms with Gasteiger partial charge in [-0.2, -0.15) is 13.2 Å². The third kappa shape index (κ3) is 3.59. The largest absolute Gasteiger partial charge is 0.417 e. The van der Waals surface area contributed by atoms with Gasteiger partial charge in [-0.15, -0.1) is 0 Å². The number of alkyl halides is 3. The van der Waals surface area contributed by atoms with Gasteiger partial charge in [0.2, 0.25) is 0 Å². The Labute approximate surface area is 151 Å². The van der Waals surface area contributed by atoms with Crippen molar-refractivity contribution >= 4 is 5.91 Å². The summed E-state index contributed by atoms with van der Waals surface area (Å²) in [4.78, 5) is 27.8. The van der Waals surface area contributed by atoms with Crippen LogP contribution in [0.15, 0.2) is 59.5 Å². The van der Waals surface area contributed by atoms with Gasteiger partial charge in [0.15, 0.2) is 0 Å². The van der Waals surface area contributed by atoms with Gasteiger partial charge in [-0.25, -0.2) is 4.98 Å². The molecule has 8 heteroatoms. The third-order valence-electron chi connectivity index (χ3n) is 4.00. The van der Waals surface area contributed by atoms with E-state index in [1.54, 1.807) is 0 Å². The number of carbonyl (C=O) groups is 1. The van der Waals surface area contributed by atoms with Gasteiger partial charge < -0.3 is 10.3 Å². The topological polar surface area (TPSA) is 78.0 Å². The molecule has 0 atom stereocenters. The normalized spacial score (nSPS) is 11.4. The summed E-state index contributed by atoms with van der Waals surface area (Å²) in [6.07, 6.45) is -3.32. The number of nitrogens with two attached hydrogens (primary N) is 1. The Morgan fingerprint density at radius 1 is 1.07 bits per heavy atom. The van der Waals surface area contributed by atoms with Gasteiger partial charge in [-0.3, -0.25) is 9.59 Å². The molecule has 0 radical (unpaired) electrons. The van der Waals surface area contributed by atoms with Crippen molar-refractivity contribution in [3.8, 4) is 22.4 Å². The van der Waals surface area contributed by atoms with Crippen LogP contribution < -0.4 is 11.3 Å². The van der Waals surface area contributed by atoms with Crippen molar-refractivity contribution in [2.24, 2.45) is 12.8 Å². The Morgan fingerprint density at radius 3 is 2.41 bits per heavy atom. The van der Waals surface area contributed by atoms with Crippen LogP contribution >= 0.6 is 0 Å². The van der Waals surface area contributed by atoms with Gasteiger partial charge >= 0.3 is 6.18 Å². The summed E-state index contributed by atoms with van der Waals surface area (Å²) in [6.45, 7) is 0. The van der Waals surface area contributed by atoms with Crippen molar-refractivity contribution in [2.45, 2.75) is 6.18 Å². The minimum absolute atomic E-state index is 0.0188. The maximum absolute atomic E-state index is 13.3. The molecule has 0 bridgehead atoms. The second-order valence-electron chi connectivity index (χ2n) is 5.88. The van der Waals surface area contributed by atoms with Crippen LogP contribution in [0.2, 0.25) is 0 Å². The zero-order valence-electron chi connectivity index (χ0n) is 14.1. The molecule has 0 unspecified atom stereocenters. The Bertz CT molecular complexity index is 1090. The first kappa shape index (κ1) is 18.4. The lowest BCUT2D eigenvalue weighted by Crippen LogP contribution is -2.25. The summed E-state index contributed by atoms with van der Waals surface area (Å²) >= 11 is 0. The molecule has 3 aromatic rings. The van der Waals surface area contributed by atoms with E-state index in [1.807, 2.05) is 0 Å². The summed E-state index contributed by atoms with van der Waals surface area (Å²) in [5, 5.41) is 0. The van der Waals surface area contributed by atoms with Crippen molar-refractivity contribution < 1.29 is 18.0 Å². The van der Waals surface area contributed by atoms with Crippen LogP contribution in [-0.2, 0) is 13.2 Å². The van der Waals surface area contributed by atoms with Crippen LogP contribution in [0.3, 0.4) is 0 Å². The van der Waals surface area contributed by atoms with E-state index in [9.17, 15) is 22.8 Å². The lowest BCUT2D eigenvalue weighted by molar-refractivity contribution is -0.137. The molecular formula is C19H14F3N3O2. The number of amides is 1. The molecule has 1 amide bonds. The van der Waals surface area contributed by atoms with Gasteiger partial charge in [0.1, 0.15) is 11.4 Å². The summed E-state index contributed by atoms with van der Waals surface area (Å²) in [6, 6.07) is 11.2. The number of hydrogen-bond acceptors (Lipinski definition) is 3. The number of benzene rings is 2. The van der Waals surface area contributed by atoms with Gasteiger partial charge in [-0.05, 0) is 23.3 Å². The highest BCUT2D eigenvalue weighted by molar-refractivity contribution is 5.91. The average Bonchev–Trinajstić information content (AvgIpc) is 2.63. The van der Waals surface area contributed by atoms with E-state index in [-0.39, 0.29) is 28.1 Å². The molecule has 2 aromatic carbocycles. The number of carbonyl (C=O) groups excluding carboxylic acids is 1. The lowest BCUT2D eigenvalue weighted by atomic mass is 9.97. The van der Waals surface area contributed by atoms with Gasteiger partial charge in [-0.1, -0.05) is 36.4 Å². The van der Waals surface area contributed by atoms with E-state index in [0.717, 1.165) is 10.6 Å². The van der Waals surface area contributed by atoms with E-state index in [2.05, 4.69) is 4.98 Å². The van der Waals surface area contributed by atoms with Crippen LogP contribution in [0.5, 0.6) is 0 Å². The molecule has 0 saturated heterocycles. The number of nitrogens with zero attached hydrogens (tertiary/aromatic N) is 2. The molecule has 0 aliphatic carbocycles. The molecule has 0 spiro atoms. The van der Waals surface area contributed by atoms with Gasteiger partial charge in [0.25, 0.3) is 11.5 Å². The lowest BCUT2D eigenvalue weighted by Gasteiger charge is -2.13. The fraction of sp³-hybridized carbons (Fsp3) is 0.105. The summed E-state index contributed by atoms with van der Waals surface area (Å²) in [5.41, 5.74) is 4.30. The van der Waals surface area contributed by atoms with Crippen molar-refractivity contribution in [2.75, 3.05) is 0 Å². The average molecular weight is 373 g/mol. The van der Waals surface area contributed by atoms with Crippen LogP contribution in [0, 0.1) is 0 Å². The van der Waals surface area contributed by atoms with Crippen molar-refractivity contribution in [1.29, 1.82) is 0 Å². The summed E-state index contributed by atoms with van der Waals surface area (Å²) < 4.78 is 41.0. The number of primary amides is 1. The predicted octanol–water partition coefficient (Wildman–Crippen LogP) is 3.23. The number of aryl methyl sites for hydroxylation is 1. The molecule has 2 N–H and O–H groups in total. The highest BCUT2D eigenvalue weighted by Gasteiger charge is 2.33. The van der Waals surface area contributed by atoms with Crippen molar-refractivity contribution in [3.63, 3.8) is 0 Å². The third-order valence-corrected chi connectivity index (χ3v) is 4.00. The first-order valence-electron chi connectivity index (χ1n) is 7.83. The highest BCUT2D eigenvalue weighted by Crippen LogP contribution is 2.37. The Balaban J connectivity index is 2.20. The number of hydrogen-bond donors (Lipinski definition) is 1. The molecule has 5 nitrogen and oxygen atoms in total. The predicted molar refractivity (Wildman–Crippen MR) is 93.9 cm³/mol. The summed E-state index contributed by atoms with van der Waals surface area (Å²) in [5.74, 6) is -0.814. The quantitative estimate of drug-likeness (QED) is 0.766. The maximum atomic E-state index is 13.3. The second kappa shape index (κ2) is 6.71. The Kier molecular flexibility index (Phi) is 4.57. The monoisotopic (exact) mass is 373 g/mol. The minimum atomic E-state index is -4.52. The van der Waals surface area contributed by atoms with Gasteiger partial charge in [0, 0.05) is 18.8 Å². The van der Waals surface area contributed by atoms with Crippen LogP contribution in [0.1, 0.15) is 16.1 Å². The van der Waals surface area contributed by atoms with Crippen LogP contribution in [-0.4, -0.2) is 15.5 Å². The molecule has 27 heavy (non-hydrogen) atoms. The molecule has 3 rings (SSSR count). The van der Waals surface area contributed by atoms with Crippen molar-refractivity contribution in [1.82, 2.24) is 9.55 Å². The molecule has 0 fully saturated rings. The molecule has 1 heterocycles. The van der Waals surface area contributed by atoms with E-state index >= 15 is 0 Å². The maximum Gasteiger partial charge on any atom is 0.417 e. The molecular weight excluding hydrogens is 359 g/mol. The van der Waals surface area contributed by atoms with E-state index in [1.165, 1.54) is 55.7 Å². The molecule has 138 valence electrons. The summed E-state index contributed by atoms with van der Waals surface area (Å²) in [7, 11) is 1.43. The van der Waals surface area contributed by atoms with E-state index in [0.29, 0.717) is 0 Å². The standard InChI is InChI=1S/C19H14F3N3O2/c1-25-10-15(17(23)26)24-16(18(25)27)12-6-4-5-11(9-12)13-7-2-3-8-14(13)19(20,21)22/h2-10H,1H3,(H2,23,26). The second-order valence-corrected chi connectivity index (χ2v) is 5.88. The molecule has 1 aromatic heterocycles. The zero-order valence-corrected chi connectivity index (χ0v) is 14.1. The first-order chi connectivity index (χ1) is 12.7. The molecule has 0 aliphatic heterocycles. The van der Waals surface area contributed by atoms with Crippen LogP contribution in [0.25, 0.3) is 22.4 Å². The Hall–Kier alpha value is -3.42.